The first-order valence-electron chi connectivity index (χ1n) is 12.7. The highest BCUT2D eigenvalue weighted by Crippen LogP contribution is 2.42. The van der Waals surface area contributed by atoms with Crippen LogP contribution in [0.4, 0.5) is 9.18 Å². The molecule has 5 rings (SSSR count). The van der Waals surface area contributed by atoms with Crippen LogP contribution in [0.15, 0.2) is 54.9 Å². The largest absolute Gasteiger partial charge is 0.444 e. The van der Waals surface area contributed by atoms with Crippen LogP contribution >= 0.6 is 0 Å². The van der Waals surface area contributed by atoms with E-state index < -0.39 is 5.60 Å². The number of amides is 1. The molecule has 3 aromatic rings. The monoisotopic (exact) mass is 478 g/mol. The van der Waals surface area contributed by atoms with E-state index in [0.29, 0.717) is 18.1 Å². The summed E-state index contributed by atoms with van der Waals surface area (Å²) in [5, 5.41) is 3.10. The second-order valence-corrected chi connectivity index (χ2v) is 10.9. The molecule has 6 nitrogen and oxygen atoms in total. The highest BCUT2D eigenvalue weighted by molar-refractivity contribution is 5.75. The first kappa shape index (κ1) is 23.8. The van der Waals surface area contributed by atoms with Gasteiger partial charge >= 0.3 is 6.09 Å². The average molecular weight is 479 g/mol. The molecule has 2 aliphatic heterocycles. The van der Waals surface area contributed by atoms with E-state index in [1.807, 2.05) is 51.4 Å². The van der Waals surface area contributed by atoms with Gasteiger partial charge in [-0.2, -0.15) is 0 Å². The smallest absolute Gasteiger partial charge is 0.408 e. The molecular weight excluding hydrogens is 443 g/mol. The second kappa shape index (κ2) is 9.61. The van der Waals surface area contributed by atoms with Crippen molar-refractivity contribution >= 4 is 17.1 Å². The van der Waals surface area contributed by atoms with Crippen LogP contribution in [-0.2, 0) is 4.74 Å². The summed E-state index contributed by atoms with van der Waals surface area (Å²) in [5.41, 5.74) is 2.29. The standard InChI is InChI=1S/C28H35FN4O2/c1-28(2,3)35-27(34)31-24(19-7-5-4-6-8-19)13-14-32-21-10-11-22(32)17-23(16-21)33-18-30-25-15-20(29)9-12-26(25)33/h4-9,12,15,18,21-24H,10-11,13-14,16-17H2,1-3H3,(H,31,34)/t21?,22?,23?,24-/m0/s1. The van der Waals surface area contributed by atoms with Crippen molar-refractivity contribution in [1.82, 2.24) is 19.8 Å². The minimum absolute atomic E-state index is 0.101. The topological polar surface area (TPSA) is 59.4 Å². The zero-order chi connectivity index (χ0) is 24.6. The summed E-state index contributed by atoms with van der Waals surface area (Å²) in [6.45, 7) is 6.57. The number of hydrogen-bond donors (Lipinski definition) is 1. The number of alkyl carbamates (subject to hydrolysis) is 1. The average Bonchev–Trinajstić information content (AvgIpc) is 3.32. The van der Waals surface area contributed by atoms with Gasteiger partial charge in [-0.05, 0) is 70.6 Å². The van der Waals surface area contributed by atoms with Gasteiger partial charge in [0.2, 0.25) is 0 Å². The number of nitrogens with zero attached hydrogens (tertiary/aromatic N) is 3. The first-order chi connectivity index (χ1) is 16.8. The minimum Gasteiger partial charge on any atom is -0.444 e. The lowest BCUT2D eigenvalue weighted by molar-refractivity contribution is 0.0489. The maximum absolute atomic E-state index is 13.6. The van der Waals surface area contributed by atoms with Gasteiger partial charge in [0, 0.05) is 30.7 Å². The number of fused-ring (bicyclic) bond motifs is 3. The molecule has 0 radical (unpaired) electrons. The number of carbonyl (C=O) groups is 1. The lowest BCUT2D eigenvalue weighted by Gasteiger charge is -2.40. The number of piperidine rings is 1. The summed E-state index contributed by atoms with van der Waals surface area (Å²) in [4.78, 5) is 19.6. The Kier molecular flexibility index (Phi) is 6.53. The van der Waals surface area contributed by atoms with Crippen LogP contribution in [0.2, 0.25) is 0 Å². The molecule has 2 bridgehead atoms. The van der Waals surface area contributed by atoms with Crippen LogP contribution in [0.3, 0.4) is 0 Å². The van der Waals surface area contributed by atoms with Crippen molar-refractivity contribution in [3.63, 3.8) is 0 Å². The Hall–Kier alpha value is -2.93. The summed E-state index contributed by atoms with van der Waals surface area (Å²) in [6.07, 6.45) is 6.84. The summed E-state index contributed by atoms with van der Waals surface area (Å²) in [6, 6.07) is 16.3. The Balaban J connectivity index is 1.26. The fourth-order valence-corrected chi connectivity index (χ4v) is 5.87. The van der Waals surface area contributed by atoms with Gasteiger partial charge in [-0.3, -0.25) is 4.90 Å². The molecule has 0 saturated carbocycles. The van der Waals surface area contributed by atoms with E-state index in [-0.39, 0.29) is 18.0 Å². The van der Waals surface area contributed by atoms with Gasteiger partial charge in [-0.15, -0.1) is 0 Å². The van der Waals surface area contributed by atoms with E-state index in [1.165, 1.54) is 25.0 Å². The molecule has 2 aromatic carbocycles. The Labute approximate surface area is 206 Å². The van der Waals surface area contributed by atoms with Crippen molar-refractivity contribution in [2.24, 2.45) is 0 Å². The normalized spacial score (nSPS) is 23.4. The number of hydrogen-bond acceptors (Lipinski definition) is 4. The third-order valence-corrected chi connectivity index (χ3v) is 7.36. The van der Waals surface area contributed by atoms with Gasteiger partial charge in [-0.25, -0.2) is 14.2 Å². The molecular formula is C28H35FN4O2. The number of benzene rings is 2. The van der Waals surface area contributed by atoms with Gasteiger partial charge in [0.05, 0.1) is 23.4 Å². The van der Waals surface area contributed by atoms with Crippen LogP contribution in [0.5, 0.6) is 0 Å². The molecule has 1 N–H and O–H groups in total. The molecule has 7 heteroatoms. The Bertz CT molecular complexity index is 1160. The summed E-state index contributed by atoms with van der Waals surface area (Å²) in [5.74, 6) is -0.245. The van der Waals surface area contributed by atoms with Crippen LogP contribution in [0.1, 0.15) is 70.5 Å². The fraction of sp³-hybridized carbons (Fsp3) is 0.500. The third-order valence-electron chi connectivity index (χ3n) is 7.36. The van der Waals surface area contributed by atoms with Crippen molar-refractivity contribution < 1.29 is 13.9 Å². The van der Waals surface area contributed by atoms with Crippen molar-refractivity contribution in [1.29, 1.82) is 0 Å². The molecule has 2 saturated heterocycles. The van der Waals surface area contributed by atoms with E-state index in [1.54, 1.807) is 0 Å². The predicted molar refractivity (Wildman–Crippen MR) is 135 cm³/mol. The minimum atomic E-state index is -0.532. The molecule has 35 heavy (non-hydrogen) atoms. The van der Waals surface area contributed by atoms with Crippen LogP contribution in [-0.4, -0.2) is 44.8 Å². The highest BCUT2D eigenvalue weighted by Gasteiger charge is 2.41. The summed E-state index contributed by atoms with van der Waals surface area (Å²) < 4.78 is 21.4. The molecule has 2 aliphatic rings. The lowest BCUT2D eigenvalue weighted by Crippen LogP contribution is -2.45. The summed E-state index contributed by atoms with van der Waals surface area (Å²) >= 11 is 0. The lowest BCUT2D eigenvalue weighted by atomic mass is 9.95. The molecule has 0 aliphatic carbocycles. The fourth-order valence-electron chi connectivity index (χ4n) is 5.87. The van der Waals surface area contributed by atoms with Crippen LogP contribution in [0.25, 0.3) is 11.0 Å². The molecule has 1 aromatic heterocycles. The molecule has 3 atom stereocenters. The van der Waals surface area contributed by atoms with Gasteiger partial charge in [0.15, 0.2) is 0 Å². The summed E-state index contributed by atoms with van der Waals surface area (Å²) in [7, 11) is 0. The van der Waals surface area contributed by atoms with Crippen molar-refractivity contribution in [3.05, 3.63) is 66.2 Å². The highest BCUT2D eigenvalue weighted by atomic mass is 19.1. The first-order valence-corrected chi connectivity index (χ1v) is 12.7. The molecule has 1 amide bonds. The maximum atomic E-state index is 13.6. The number of nitrogens with one attached hydrogen (secondary N) is 1. The number of ether oxygens (including phenoxy) is 1. The van der Waals surface area contributed by atoms with E-state index >= 15 is 0 Å². The Morgan fingerprint density at radius 1 is 1.11 bits per heavy atom. The van der Waals surface area contributed by atoms with E-state index in [9.17, 15) is 9.18 Å². The molecule has 2 fully saturated rings. The predicted octanol–water partition coefficient (Wildman–Crippen LogP) is 6.00. The quantitative estimate of drug-likeness (QED) is 0.472. The van der Waals surface area contributed by atoms with E-state index in [4.69, 9.17) is 4.74 Å². The number of halogens is 1. The maximum Gasteiger partial charge on any atom is 0.408 e. The van der Waals surface area contributed by atoms with Gasteiger partial charge in [-0.1, -0.05) is 30.3 Å². The van der Waals surface area contributed by atoms with Gasteiger partial charge < -0.3 is 14.6 Å². The van der Waals surface area contributed by atoms with Crippen molar-refractivity contribution in [3.8, 4) is 0 Å². The van der Waals surface area contributed by atoms with Crippen molar-refractivity contribution in [2.45, 2.75) is 82.6 Å². The van der Waals surface area contributed by atoms with Gasteiger partial charge in [0.25, 0.3) is 0 Å². The van der Waals surface area contributed by atoms with E-state index in [0.717, 1.165) is 42.4 Å². The zero-order valence-corrected chi connectivity index (χ0v) is 20.8. The molecule has 0 spiro atoms. The SMILES string of the molecule is CC(C)(C)OC(=O)N[C@@H](CCN1C2CCC1CC(n1cnc3cc(F)ccc31)C2)c1ccccc1. The number of aromatic nitrogens is 2. The Morgan fingerprint density at radius 2 is 1.83 bits per heavy atom. The number of carbonyl (C=O) groups excluding carboxylic acids is 1. The molecule has 2 unspecified atom stereocenters. The van der Waals surface area contributed by atoms with Crippen LogP contribution < -0.4 is 5.32 Å². The Morgan fingerprint density at radius 3 is 2.51 bits per heavy atom. The van der Waals surface area contributed by atoms with Gasteiger partial charge in [0.1, 0.15) is 11.4 Å². The third kappa shape index (κ3) is 5.35. The second-order valence-electron chi connectivity index (χ2n) is 10.9. The number of rotatable bonds is 6. The molecule has 186 valence electrons. The number of imidazole rings is 1. The van der Waals surface area contributed by atoms with E-state index in [2.05, 4.69) is 31.9 Å². The van der Waals surface area contributed by atoms with Crippen LogP contribution in [0, 0.1) is 5.82 Å². The molecule has 3 heterocycles. The van der Waals surface area contributed by atoms with Crippen molar-refractivity contribution in [2.75, 3.05) is 6.54 Å². The zero-order valence-electron chi connectivity index (χ0n) is 20.8.